The molecule has 3 nitrogen and oxygen atoms in total. The van der Waals surface area contributed by atoms with Gasteiger partial charge in [0.05, 0.1) is 6.61 Å². The van der Waals surface area contributed by atoms with Gasteiger partial charge in [0, 0.05) is 23.2 Å². The standard InChI is InChI=1S/C23H30N2O/c1-2-3-6-16-26-22-11-5-4-8-17(22)18-9-7-10-21-23(18)19-12-14-24-15-13-20(19)25-21/h4-5,7-11,19-20,24-25H,2-3,6,12-16H2,1H3/t19-,20+/m1/s1. The van der Waals surface area contributed by atoms with Gasteiger partial charge in [-0.05, 0) is 55.6 Å². The molecule has 2 atom stereocenters. The third kappa shape index (κ3) is 3.45. The molecule has 1 fully saturated rings. The second-order valence-electron chi connectivity index (χ2n) is 7.50. The summed E-state index contributed by atoms with van der Waals surface area (Å²) in [5.41, 5.74) is 5.39. The summed E-state index contributed by atoms with van der Waals surface area (Å²) in [6.45, 7) is 5.24. The molecule has 4 rings (SSSR count). The van der Waals surface area contributed by atoms with Crippen LogP contribution < -0.4 is 15.4 Å². The van der Waals surface area contributed by atoms with E-state index in [2.05, 4.69) is 60.0 Å². The third-order valence-electron chi connectivity index (χ3n) is 5.75. The molecule has 2 heterocycles. The normalized spacial score (nSPS) is 21.4. The van der Waals surface area contributed by atoms with Crippen LogP contribution in [-0.2, 0) is 0 Å². The summed E-state index contributed by atoms with van der Waals surface area (Å²) in [5.74, 6) is 1.61. The Morgan fingerprint density at radius 3 is 2.73 bits per heavy atom. The molecule has 0 amide bonds. The molecule has 26 heavy (non-hydrogen) atoms. The molecule has 0 unspecified atom stereocenters. The van der Waals surface area contributed by atoms with Gasteiger partial charge in [-0.1, -0.05) is 50.1 Å². The highest BCUT2D eigenvalue weighted by atomic mass is 16.5. The lowest BCUT2D eigenvalue weighted by Gasteiger charge is -2.19. The van der Waals surface area contributed by atoms with Gasteiger partial charge in [0.25, 0.3) is 0 Å². The van der Waals surface area contributed by atoms with Crippen LogP contribution in [0.15, 0.2) is 42.5 Å². The van der Waals surface area contributed by atoms with Crippen LogP contribution >= 0.6 is 0 Å². The summed E-state index contributed by atoms with van der Waals surface area (Å²) >= 11 is 0. The molecule has 0 aromatic heterocycles. The first-order chi connectivity index (χ1) is 12.9. The van der Waals surface area contributed by atoms with Crippen molar-refractivity contribution in [3.8, 4) is 16.9 Å². The predicted octanol–water partition coefficient (Wildman–Crippen LogP) is 5.18. The fourth-order valence-corrected chi connectivity index (χ4v) is 4.44. The quantitative estimate of drug-likeness (QED) is 0.704. The molecule has 2 aliphatic rings. The zero-order chi connectivity index (χ0) is 17.8. The molecule has 1 saturated heterocycles. The molecule has 2 N–H and O–H groups in total. The first-order valence-corrected chi connectivity index (χ1v) is 10.2. The Morgan fingerprint density at radius 1 is 0.962 bits per heavy atom. The number of ether oxygens (including phenoxy) is 1. The summed E-state index contributed by atoms with van der Waals surface area (Å²) in [6.07, 6.45) is 5.95. The minimum Gasteiger partial charge on any atom is -0.493 e. The first kappa shape index (κ1) is 17.4. The van der Waals surface area contributed by atoms with Crippen LogP contribution in [0.3, 0.4) is 0 Å². The van der Waals surface area contributed by atoms with Crippen LogP contribution in [0.5, 0.6) is 5.75 Å². The van der Waals surface area contributed by atoms with Gasteiger partial charge in [-0.25, -0.2) is 0 Å². The number of nitrogens with one attached hydrogen (secondary N) is 2. The number of para-hydroxylation sites is 1. The van der Waals surface area contributed by atoms with Crippen LogP contribution in [0.2, 0.25) is 0 Å². The third-order valence-corrected chi connectivity index (χ3v) is 5.75. The number of anilines is 1. The lowest BCUT2D eigenvalue weighted by molar-refractivity contribution is 0.307. The van der Waals surface area contributed by atoms with Gasteiger partial charge in [-0.15, -0.1) is 0 Å². The Bertz CT molecular complexity index is 743. The topological polar surface area (TPSA) is 33.3 Å². The molecule has 2 aromatic rings. The van der Waals surface area contributed by atoms with Crippen molar-refractivity contribution < 1.29 is 4.74 Å². The van der Waals surface area contributed by atoms with E-state index in [0.29, 0.717) is 12.0 Å². The monoisotopic (exact) mass is 350 g/mol. The van der Waals surface area contributed by atoms with Crippen molar-refractivity contribution in [3.63, 3.8) is 0 Å². The van der Waals surface area contributed by atoms with E-state index in [4.69, 9.17) is 4.74 Å². The summed E-state index contributed by atoms with van der Waals surface area (Å²) < 4.78 is 6.18. The van der Waals surface area contributed by atoms with Gasteiger partial charge < -0.3 is 15.4 Å². The van der Waals surface area contributed by atoms with E-state index in [1.54, 1.807) is 0 Å². The Balaban J connectivity index is 1.67. The van der Waals surface area contributed by atoms with Crippen LogP contribution in [0.25, 0.3) is 11.1 Å². The van der Waals surface area contributed by atoms with Crippen LogP contribution in [-0.4, -0.2) is 25.7 Å². The van der Waals surface area contributed by atoms with E-state index in [1.165, 1.54) is 48.1 Å². The van der Waals surface area contributed by atoms with Crippen molar-refractivity contribution in [2.24, 2.45) is 0 Å². The molecule has 0 spiro atoms. The Hall–Kier alpha value is -2.00. The van der Waals surface area contributed by atoms with Gasteiger partial charge in [-0.3, -0.25) is 0 Å². The molecule has 0 aliphatic carbocycles. The maximum atomic E-state index is 6.18. The van der Waals surface area contributed by atoms with Crippen molar-refractivity contribution in [2.75, 3.05) is 25.0 Å². The van der Waals surface area contributed by atoms with E-state index in [1.807, 2.05) is 0 Å². The minimum atomic E-state index is 0.554. The lowest BCUT2D eigenvalue weighted by Crippen LogP contribution is -2.21. The minimum absolute atomic E-state index is 0.554. The van der Waals surface area contributed by atoms with Gasteiger partial charge in [-0.2, -0.15) is 0 Å². The number of benzene rings is 2. The first-order valence-electron chi connectivity index (χ1n) is 10.2. The molecular weight excluding hydrogens is 320 g/mol. The summed E-state index contributed by atoms with van der Waals surface area (Å²) in [7, 11) is 0. The molecule has 2 aromatic carbocycles. The van der Waals surface area contributed by atoms with E-state index in [9.17, 15) is 0 Å². The van der Waals surface area contributed by atoms with E-state index in [0.717, 1.165) is 31.9 Å². The fourth-order valence-electron chi connectivity index (χ4n) is 4.44. The molecule has 0 saturated carbocycles. The fraction of sp³-hybridized carbons (Fsp3) is 0.478. The van der Waals surface area contributed by atoms with E-state index in [-0.39, 0.29) is 0 Å². The van der Waals surface area contributed by atoms with Gasteiger partial charge in [0.15, 0.2) is 0 Å². The number of hydrogen-bond acceptors (Lipinski definition) is 3. The molecule has 3 heteroatoms. The largest absolute Gasteiger partial charge is 0.493 e. The molecule has 138 valence electrons. The van der Waals surface area contributed by atoms with E-state index < -0.39 is 0 Å². The Labute approximate surface area is 157 Å². The number of rotatable bonds is 6. The summed E-state index contributed by atoms with van der Waals surface area (Å²) in [6, 6.07) is 15.8. The highest BCUT2D eigenvalue weighted by Crippen LogP contribution is 2.46. The van der Waals surface area contributed by atoms with Gasteiger partial charge >= 0.3 is 0 Å². The predicted molar refractivity (Wildman–Crippen MR) is 109 cm³/mol. The van der Waals surface area contributed by atoms with Gasteiger partial charge in [0.1, 0.15) is 5.75 Å². The highest BCUT2D eigenvalue weighted by molar-refractivity contribution is 5.81. The molecular formula is C23H30N2O. The average Bonchev–Trinajstić information content (AvgIpc) is 2.87. The van der Waals surface area contributed by atoms with Crippen LogP contribution in [0.1, 0.15) is 50.5 Å². The molecule has 0 bridgehead atoms. The second-order valence-corrected chi connectivity index (χ2v) is 7.50. The van der Waals surface area contributed by atoms with Crippen LogP contribution in [0, 0.1) is 0 Å². The summed E-state index contributed by atoms with van der Waals surface area (Å²) in [5, 5.41) is 7.34. The second kappa shape index (κ2) is 8.13. The molecule has 0 radical (unpaired) electrons. The maximum absolute atomic E-state index is 6.18. The van der Waals surface area contributed by atoms with Crippen molar-refractivity contribution in [1.29, 1.82) is 0 Å². The highest BCUT2D eigenvalue weighted by Gasteiger charge is 2.35. The van der Waals surface area contributed by atoms with Crippen molar-refractivity contribution in [2.45, 2.75) is 51.0 Å². The Morgan fingerprint density at radius 2 is 1.81 bits per heavy atom. The number of unbranched alkanes of at least 4 members (excludes halogenated alkanes) is 2. The lowest BCUT2D eigenvalue weighted by atomic mass is 9.85. The maximum Gasteiger partial charge on any atom is 0.127 e. The van der Waals surface area contributed by atoms with Gasteiger partial charge in [0.2, 0.25) is 0 Å². The zero-order valence-electron chi connectivity index (χ0n) is 15.8. The Kier molecular flexibility index (Phi) is 5.45. The van der Waals surface area contributed by atoms with Crippen molar-refractivity contribution in [1.82, 2.24) is 5.32 Å². The number of fused-ring (bicyclic) bond motifs is 3. The average molecular weight is 351 g/mol. The van der Waals surface area contributed by atoms with Crippen molar-refractivity contribution in [3.05, 3.63) is 48.0 Å². The summed E-state index contributed by atoms with van der Waals surface area (Å²) in [4.78, 5) is 0. The smallest absolute Gasteiger partial charge is 0.127 e. The zero-order valence-corrected chi connectivity index (χ0v) is 15.8. The van der Waals surface area contributed by atoms with Crippen LogP contribution in [0.4, 0.5) is 5.69 Å². The van der Waals surface area contributed by atoms with E-state index >= 15 is 0 Å². The van der Waals surface area contributed by atoms with Crippen molar-refractivity contribution >= 4 is 5.69 Å². The number of hydrogen-bond donors (Lipinski definition) is 2. The SMILES string of the molecule is CCCCCOc1ccccc1-c1cccc2c1[C@@H]1CCNCC[C@@H]1N2. The molecule has 2 aliphatic heterocycles.